The molecule has 1 aliphatic heterocycles. The summed E-state index contributed by atoms with van der Waals surface area (Å²) in [6.07, 6.45) is -3.29. The maximum Gasteiger partial charge on any atom is 0.434 e. The third-order valence-electron chi connectivity index (χ3n) is 0.877. The smallest absolute Gasteiger partial charge is 0.210 e. The molecule has 51 valence electrons. The highest BCUT2D eigenvalue weighted by molar-refractivity contribution is 5.09. The van der Waals surface area contributed by atoms with Crippen molar-refractivity contribution in [1.82, 2.24) is 10.9 Å². The number of allylic oxidation sites excluding steroid dienone is 1. The Kier molecular flexibility index (Phi) is 1.36. The Bertz CT molecular complexity index is 137. The Morgan fingerprint density at radius 3 is 2.44 bits per heavy atom. The Morgan fingerprint density at radius 2 is 2.22 bits per heavy atom. The van der Waals surface area contributed by atoms with Crippen LogP contribution in [0, 0.1) is 0 Å². The fourth-order valence-electron chi connectivity index (χ4n) is 0.498. The summed E-state index contributed by atoms with van der Waals surface area (Å²) in [5.41, 5.74) is 4.35. The van der Waals surface area contributed by atoms with Crippen molar-refractivity contribution in [2.75, 3.05) is 6.54 Å². The average molecular weight is 137 g/mol. The standard InChI is InChI=1S/C4H4F3N2/c5-4(6,7)3-1-2-8-9-3/h1,8H,2H2. The Hall–Kier alpha value is -0.710. The highest BCUT2D eigenvalue weighted by Gasteiger charge is 2.36. The summed E-state index contributed by atoms with van der Waals surface area (Å²) < 4.78 is 34.7. The van der Waals surface area contributed by atoms with Gasteiger partial charge in [-0.15, -0.1) is 0 Å². The van der Waals surface area contributed by atoms with Crippen LogP contribution in [-0.4, -0.2) is 12.7 Å². The van der Waals surface area contributed by atoms with Crippen molar-refractivity contribution < 1.29 is 13.2 Å². The molecule has 1 radical (unpaired) electrons. The predicted octanol–water partition coefficient (Wildman–Crippen LogP) is 0.555. The summed E-state index contributed by atoms with van der Waals surface area (Å²) in [5, 5.41) is 0. The van der Waals surface area contributed by atoms with Gasteiger partial charge in [-0.1, -0.05) is 0 Å². The van der Waals surface area contributed by atoms with Gasteiger partial charge in [0, 0.05) is 6.54 Å². The lowest BCUT2D eigenvalue weighted by Crippen LogP contribution is -2.23. The normalized spacial score (nSPS) is 19.2. The SMILES string of the molecule is FC(F)(F)C1=CCN[N]1. The molecule has 0 atom stereocenters. The lowest BCUT2D eigenvalue weighted by Gasteiger charge is -2.03. The van der Waals surface area contributed by atoms with Crippen LogP contribution < -0.4 is 10.9 Å². The van der Waals surface area contributed by atoms with Gasteiger partial charge in [0.25, 0.3) is 0 Å². The summed E-state index contributed by atoms with van der Waals surface area (Å²) in [7, 11) is 0. The monoisotopic (exact) mass is 137 g/mol. The van der Waals surface area contributed by atoms with Gasteiger partial charge in [-0.05, 0) is 6.08 Å². The second-order valence-electron chi connectivity index (χ2n) is 1.56. The maximum absolute atomic E-state index is 11.6. The Labute approximate surface area is 49.7 Å². The van der Waals surface area contributed by atoms with E-state index in [1.807, 2.05) is 0 Å². The van der Waals surface area contributed by atoms with E-state index in [1.54, 1.807) is 0 Å². The first kappa shape index (κ1) is 6.41. The number of hydrogen-bond donors (Lipinski definition) is 1. The molecule has 2 nitrogen and oxygen atoms in total. The fourth-order valence-corrected chi connectivity index (χ4v) is 0.498. The van der Waals surface area contributed by atoms with Gasteiger partial charge < -0.3 is 0 Å². The number of rotatable bonds is 0. The van der Waals surface area contributed by atoms with Crippen LogP contribution in [0.1, 0.15) is 0 Å². The van der Waals surface area contributed by atoms with Gasteiger partial charge in [0.15, 0.2) is 5.70 Å². The van der Waals surface area contributed by atoms with Crippen molar-refractivity contribution >= 4 is 0 Å². The molecule has 1 aliphatic rings. The maximum atomic E-state index is 11.6. The molecule has 0 amide bonds. The zero-order valence-electron chi connectivity index (χ0n) is 4.37. The molecule has 0 bridgehead atoms. The Morgan fingerprint density at radius 1 is 1.56 bits per heavy atom. The second kappa shape index (κ2) is 1.91. The van der Waals surface area contributed by atoms with E-state index in [4.69, 9.17) is 0 Å². The van der Waals surface area contributed by atoms with Gasteiger partial charge in [-0.3, -0.25) is 0 Å². The molecule has 0 unspecified atom stereocenters. The van der Waals surface area contributed by atoms with Crippen LogP contribution >= 0.6 is 0 Å². The van der Waals surface area contributed by atoms with E-state index in [1.165, 1.54) is 0 Å². The highest BCUT2D eigenvalue weighted by Crippen LogP contribution is 2.24. The molecular weight excluding hydrogens is 133 g/mol. The summed E-state index contributed by atoms with van der Waals surface area (Å²) in [6, 6.07) is 0. The fraction of sp³-hybridized carbons (Fsp3) is 0.500. The molecule has 1 heterocycles. The average Bonchev–Trinajstić information content (AvgIpc) is 2.08. The van der Waals surface area contributed by atoms with Crippen molar-refractivity contribution in [3.8, 4) is 0 Å². The van der Waals surface area contributed by atoms with Gasteiger partial charge in [0.2, 0.25) is 0 Å². The van der Waals surface area contributed by atoms with Crippen LogP contribution in [0.2, 0.25) is 0 Å². The van der Waals surface area contributed by atoms with Gasteiger partial charge in [-0.25, -0.2) is 5.43 Å². The number of halogens is 3. The van der Waals surface area contributed by atoms with Crippen molar-refractivity contribution in [3.05, 3.63) is 11.8 Å². The number of nitrogens with one attached hydrogen (secondary N) is 1. The first-order valence-electron chi connectivity index (χ1n) is 2.31. The molecule has 0 spiro atoms. The predicted molar refractivity (Wildman–Crippen MR) is 24.3 cm³/mol. The van der Waals surface area contributed by atoms with Crippen LogP contribution in [-0.2, 0) is 0 Å². The molecule has 0 saturated heterocycles. The molecular formula is C4H4F3N2. The Balaban J connectivity index is 2.61. The van der Waals surface area contributed by atoms with E-state index in [9.17, 15) is 13.2 Å². The summed E-state index contributed by atoms with van der Waals surface area (Å²) in [6.45, 7) is 0.175. The van der Waals surface area contributed by atoms with E-state index in [2.05, 4.69) is 10.9 Å². The molecule has 0 aromatic rings. The topological polar surface area (TPSA) is 26.1 Å². The van der Waals surface area contributed by atoms with E-state index in [0.29, 0.717) is 0 Å². The highest BCUT2D eigenvalue weighted by atomic mass is 19.4. The van der Waals surface area contributed by atoms with Crippen LogP contribution in [0.5, 0.6) is 0 Å². The van der Waals surface area contributed by atoms with Gasteiger partial charge >= 0.3 is 6.18 Å². The van der Waals surface area contributed by atoms with Crippen molar-refractivity contribution in [1.29, 1.82) is 0 Å². The van der Waals surface area contributed by atoms with E-state index in [-0.39, 0.29) is 6.54 Å². The summed E-state index contributed by atoms with van der Waals surface area (Å²) in [4.78, 5) is 0. The van der Waals surface area contributed by atoms with Crippen LogP contribution in [0.3, 0.4) is 0 Å². The quantitative estimate of drug-likeness (QED) is 0.518. The number of alkyl halides is 3. The molecule has 1 rings (SSSR count). The molecule has 0 aromatic carbocycles. The minimum Gasteiger partial charge on any atom is -0.210 e. The van der Waals surface area contributed by atoms with Crippen molar-refractivity contribution in [3.63, 3.8) is 0 Å². The minimum absolute atomic E-state index is 0.175. The molecule has 0 saturated carbocycles. The van der Waals surface area contributed by atoms with Gasteiger partial charge in [-0.2, -0.15) is 18.6 Å². The zero-order valence-corrected chi connectivity index (χ0v) is 4.37. The van der Waals surface area contributed by atoms with Crippen LogP contribution in [0.25, 0.3) is 0 Å². The van der Waals surface area contributed by atoms with E-state index >= 15 is 0 Å². The molecule has 1 N–H and O–H groups in total. The van der Waals surface area contributed by atoms with Crippen LogP contribution in [0.15, 0.2) is 11.8 Å². The van der Waals surface area contributed by atoms with E-state index < -0.39 is 11.9 Å². The van der Waals surface area contributed by atoms with Gasteiger partial charge in [0.1, 0.15) is 0 Å². The third-order valence-corrected chi connectivity index (χ3v) is 0.877. The van der Waals surface area contributed by atoms with Gasteiger partial charge in [0.05, 0.1) is 0 Å². The third kappa shape index (κ3) is 1.35. The zero-order chi connectivity index (χ0) is 6.91. The molecule has 5 heteroatoms. The first-order valence-corrected chi connectivity index (χ1v) is 2.31. The van der Waals surface area contributed by atoms with Crippen LogP contribution in [0.4, 0.5) is 13.2 Å². The molecule has 0 fully saturated rings. The molecule has 0 aromatic heterocycles. The lowest BCUT2D eigenvalue weighted by molar-refractivity contribution is -0.0969. The summed E-state index contributed by atoms with van der Waals surface area (Å²) in [5.74, 6) is 0. The summed E-state index contributed by atoms with van der Waals surface area (Å²) >= 11 is 0. The molecule has 0 aliphatic carbocycles. The number of nitrogens with zero attached hydrogens (tertiary/aromatic N) is 1. The lowest BCUT2D eigenvalue weighted by atomic mass is 10.4. The first-order chi connectivity index (χ1) is 4.11. The molecule has 9 heavy (non-hydrogen) atoms. The largest absolute Gasteiger partial charge is 0.434 e. The number of hydrogen-bond acceptors (Lipinski definition) is 1. The second-order valence-corrected chi connectivity index (χ2v) is 1.56. The van der Waals surface area contributed by atoms with Crippen molar-refractivity contribution in [2.24, 2.45) is 0 Å². The van der Waals surface area contributed by atoms with E-state index in [0.717, 1.165) is 6.08 Å². The van der Waals surface area contributed by atoms with Crippen molar-refractivity contribution in [2.45, 2.75) is 6.18 Å². The minimum atomic E-state index is -4.29.